The molecule has 0 aliphatic heterocycles. The normalized spacial score (nSPS) is 10.5. The number of rotatable bonds is 5. The first-order chi connectivity index (χ1) is 10.3. The van der Waals surface area contributed by atoms with Gasteiger partial charge in [0.15, 0.2) is 0 Å². The fourth-order valence-corrected chi connectivity index (χ4v) is 2.34. The fourth-order valence-electron chi connectivity index (χ4n) is 2.19. The van der Waals surface area contributed by atoms with E-state index in [2.05, 4.69) is 50.9 Å². The Balaban J connectivity index is 1.60. The van der Waals surface area contributed by atoms with Crippen LogP contribution in [0.15, 0.2) is 54.9 Å². The Kier molecular flexibility index (Phi) is 4.17. The van der Waals surface area contributed by atoms with Gasteiger partial charge in [-0.15, -0.1) is 0 Å². The Hall–Kier alpha value is -2.33. The molecule has 2 N–H and O–H groups in total. The van der Waals surface area contributed by atoms with Crippen LogP contribution in [-0.2, 0) is 0 Å². The van der Waals surface area contributed by atoms with E-state index in [4.69, 9.17) is 11.6 Å². The third-order valence-electron chi connectivity index (χ3n) is 3.14. The van der Waals surface area contributed by atoms with Crippen molar-refractivity contribution < 1.29 is 0 Å². The van der Waals surface area contributed by atoms with Gasteiger partial charge in [0.2, 0.25) is 0 Å². The molecular formula is C16H15ClN4. The number of nitrogens with zero attached hydrogens (tertiary/aromatic N) is 2. The van der Waals surface area contributed by atoms with Gasteiger partial charge in [0.25, 0.3) is 0 Å². The molecule has 2 aromatic carbocycles. The fraction of sp³-hybridized carbons (Fsp3) is 0.125. The van der Waals surface area contributed by atoms with E-state index in [1.165, 1.54) is 17.0 Å². The highest BCUT2D eigenvalue weighted by Gasteiger charge is 1.99. The van der Waals surface area contributed by atoms with Gasteiger partial charge in [0.1, 0.15) is 11.0 Å². The van der Waals surface area contributed by atoms with E-state index in [1.54, 1.807) is 6.20 Å². The third-order valence-corrected chi connectivity index (χ3v) is 3.32. The highest BCUT2D eigenvalue weighted by molar-refractivity contribution is 6.29. The summed E-state index contributed by atoms with van der Waals surface area (Å²) in [5.74, 6) is 0.683. The third kappa shape index (κ3) is 3.41. The van der Waals surface area contributed by atoms with Gasteiger partial charge in [0.05, 0.1) is 12.4 Å². The lowest BCUT2D eigenvalue weighted by Crippen LogP contribution is -2.14. The van der Waals surface area contributed by atoms with Crippen LogP contribution in [0.3, 0.4) is 0 Å². The SMILES string of the molecule is Clc1cncc(NCCNc2cccc3ccccc23)n1. The van der Waals surface area contributed by atoms with E-state index < -0.39 is 0 Å². The molecule has 0 unspecified atom stereocenters. The van der Waals surface area contributed by atoms with Crippen LogP contribution in [0, 0.1) is 0 Å². The number of nitrogens with one attached hydrogen (secondary N) is 2. The maximum Gasteiger partial charge on any atom is 0.149 e. The molecule has 0 aliphatic carbocycles. The molecular weight excluding hydrogens is 284 g/mol. The highest BCUT2D eigenvalue weighted by Crippen LogP contribution is 2.22. The van der Waals surface area contributed by atoms with Crippen molar-refractivity contribution in [3.63, 3.8) is 0 Å². The summed E-state index contributed by atoms with van der Waals surface area (Å²) >= 11 is 5.79. The van der Waals surface area contributed by atoms with E-state index >= 15 is 0 Å². The van der Waals surface area contributed by atoms with Gasteiger partial charge >= 0.3 is 0 Å². The largest absolute Gasteiger partial charge is 0.383 e. The Morgan fingerprint density at radius 2 is 1.71 bits per heavy atom. The zero-order valence-corrected chi connectivity index (χ0v) is 12.1. The topological polar surface area (TPSA) is 49.8 Å². The molecule has 4 nitrogen and oxygen atoms in total. The summed E-state index contributed by atoms with van der Waals surface area (Å²) < 4.78 is 0. The van der Waals surface area contributed by atoms with Crippen molar-refractivity contribution in [3.05, 3.63) is 60.0 Å². The van der Waals surface area contributed by atoms with E-state index in [0.29, 0.717) is 11.0 Å². The van der Waals surface area contributed by atoms with Crippen LogP contribution in [-0.4, -0.2) is 23.1 Å². The lowest BCUT2D eigenvalue weighted by Gasteiger charge is -2.10. The van der Waals surface area contributed by atoms with Crippen LogP contribution in [0.5, 0.6) is 0 Å². The molecule has 0 atom stereocenters. The lowest BCUT2D eigenvalue weighted by atomic mass is 10.1. The van der Waals surface area contributed by atoms with E-state index in [9.17, 15) is 0 Å². The Labute approximate surface area is 128 Å². The average molecular weight is 299 g/mol. The number of anilines is 2. The summed E-state index contributed by atoms with van der Waals surface area (Å²) in [7, 11) is 0. The van der Waals surface area contributed by atoms with Gasteiger partial charge in [-0.05, 0) is 11.5 Å². The van der Waals surface area contributed by atoms with E-state index in [-0.39, 0.29) is 0 Å². The minimum Gasteiger partial charge on any atom is -0.383 e. The summed E-state index contributed by atoms with van der Waals surface area (Å²) in [5, 5.41) is 9.46. The smallest absolute Gasteiger partial charge is 0.149 e. The molecule has 0 saturated carbocycles. The number of halogens is 1. The van der Waals surface area contributed by atoms with Crippen LogP contribution in [0.25, 0.3) is 10.8 Å². The first kappa shape index (κ1) is 13.6. The van der Waals surface area contributed by atoms with Gasteiger partial charge in [-0.2, -0.15) is 0 Å². The number of hydrogen-bond donors (Lipinski definition) is 2. The van der Waals surface area contributed by atoms with Crippen LogP contribution in [0.4, 0.5) is 11.5 Å². The molecule has 1 heterocycles. The molecule has 21 heavy (non-hydrogen) atoms. The Bertz CT molecular complexity index is 740. The minimum absolute atomic E-state index is 0.391. The standard InChI is InChI=1S/C16H15ClN4/c17-15-10-18-11-16(21-15)20-9-8-19-14-7-3-5-12-4-1-2-6-13(12)14/h1-7,10-11,19H,8-9H2,(H,20,21). The van der Waals surface area contributed by atoms with Crippen LogP contribution >= 0.6 is 11.6 Å². The maximum atomic E-state index is 5.79. The number of hydrogen-bond acceptors (Lipinski definition) is 4. The van der Waals surface area contributed by atoms with Gasteiger partial charge in [0, 0.05) is 24.2 Å². The summed E-state index contributed by atoms with van der Waals surface area (Å²) in [6.07, 6.45) is 3.17. The summed E-state index contributed by atoms with van der Waals surface area (Å²) in [6.45, 7) is 1.51. The van der Waals surface area contributed by atoms with Crippen molar-refractivity contribution in [3.8, 4) is 0 Å². The van der Waals surface area contributed by atoms with Crippen molar-refractivity contribution in [1.82, 2.24) is 9.97 Å². The second kappa shape index (κ2) is 6.41. The van der Waals surface area contributed by atoms with E-state index in [0.717, 1.165) is 18.8 Å². The lowest BCUT2D eigenvalue weighted by molar-refractivity contribution is 1.05. The predicted molar refractivity (Wildman–Crippen MR) is 88.0 cm³/mol. The molecule has 0 aliphatic rings. The van der Waals surface area contributed by atoms with Crippen molar-refractivity contribution in [1.29, 1.82) is 0 Å². The number of benzene rings is 2. The van der Waals surface area contributed by atoms with Gasteiger partial charge in [-0.25, -0.2) is 4.98 Å². The van der Waals surface area contributed by atoms with Crippen molar-refractivity contribution >= 4 is 33.9 Å². The van der Waals surface area contributed by atoms with Crippen LogP contribution in [0.1, 0.15) is 0 Å². The molecule has 0 radical (unpaired) electrons. The highest BCUT2D eigenvalue weighted by atomic mass is 35.5. The molecule has 106 valence electrons. The quantitative estimate of drug-likeness (QED) is 0.703. The van der Waals surface area contributed by atoms with Crippen molar-refractivity contribution in [2.24, 2.45) is 0 Å². The second-order valence-corrected chi connectivity index (χ2v) is 4.99. The molecule has 0 bridgehead atoms. The summed E-state index contributed by atoms with van der Waals surface area (Å²) in [4.78, 5) is 8.12. The average Bonchev–Trinajstić information content (AvgIpc) is 2.52. The first-order valence-electron chi connectivity index (χ1n) is 6.76. The molecule has 5 heteroatoms. The minimum atomic E-state index is 0.391. The number of fused-ring (bicyclic) bond motifs is 1. The van der Waals surface area contributed by atoms with Gasteiger partial charge < -0.3 is 10.6 Å². The molecule has 0 fully saturated rings. The second-order valence-electron chi connectivity index (χ2n) is 4.61. The summed E-state index contributed by atoms with van der Waals surface area (Å²) in [6, 6.07) is 14.6. The predicted octanol–water partition coefficient (Wildman–Crippen LogP) is 3.81. The molecule has 3 rings (SSSR count). The monoisotopic (exact) mass is 298 g/mol. The summed E-state index contributed by atoms with van der Waals surface area (Å²) in [5.41, 5.74) is 1.13. The van der Waals surface area contributed by atoms with Crippen LogP contribution < -0.4 is 10.6 Å². The first-order valence-corrected chi connectivity index (χ1v) is 7.14. The molecule has 3 aromatic rings. The number of aromatic nitrogens is 2. The zero-order valence-electron chi connectivity index (χ0n) is 11.4. The molecule has 0 spiro atoms. The van der Waals surface area contributed by atoms with Gasteiger partial charge in [-0.3, -0.25) is 4.98 Å². The van der Waals surface area contributed by atoms with Crippen LogP contribution in [0.2, 0.25) is 5.15 Å². The van der Waals surface area contributed by atoms with Crippen molar-refractivity contribution in [2.45, 2.75) is 0 Å². The van der Waals surface area contributed by atoms with Crippen molar-refractivity contribution in [2.75, 3.05) is 23.7 Å². The maximum absolute atomic E-state index is 5.79. The molecule has 0 amide bonds. The molecule has 1 aromatic heterocycles. The van der Waals surface area contributed by atoms with E-state index in [1.807, 2.05) is 12.1 Å². The van der Waals surface area contributed by atoms with Gasteiger partial charge in [-0.1, -0.05) is 48.0 Å². The zero-order chi connectivity index (χ0) is 14.5. The molecule has 0 saturated heterocycles. The Morgan fingerprint density at radius 3 is 2.62 bits per heavy atom. The Morgan fingerprint density at radius 1 is 0.905 bits per heavy atom.